The van der Waals surface area contributed by atoms with Crippen molar-refractivity contribution < 1.29 is 209 Å². The first-order valence-electron chi connectivity index (χ1n) is 30.4. The van der Waals surface area contributed by atoms with Crippen molar-refractivity contribution in [1.29, 1.82) is 0 Å². The van der Waals surface area contributed by atoms with E-state index in [1.165, 1.54) is 32.8 Å². The Morgan fingerprint density at radius 3 is 1.55 bits per heavy atom. The van der Waals surface area contributed by atoms with Crippen LogP contribution in [0.1, 0.15) is 227 Å². The molecule has 1 unspecified atom stereocenters. The number of phosphoric ester groups is 2. The van der Waals surface area contributed by atoms with E-state index < -0.39 is 108 Å². The number of methoxy groups -OCH3 is 2. The van der Waals surface area contributed by atoms with Gasteiger partial charge in [-0.15, -0.1) is 0 Å². The number of carbonyl (C=O) groups is 3. The minimum atomic E-state index is -5.88. The second-order valence-corrected chi connectivity index (χ2v) is 23.7. The second-order valence-electron chi connectivity index (χ2n) is 21.5. The van der Waals surface area contributed by atoms with E-state index in [9.17, 15) is 48.2 Å². The Bertz CT molecular complexity index is 1760. The smallest absolute Gasteiger partial charge is 0.790 e. The molecule has 2 heterocycles. The first kappa shape index (κ1) is 90.4. The molecule has 0 spiro atoms. The minimum Gasteiger partial charge on any atom is -0.790 e. The Kier molecular flexibility index (Phi) is 59.9. The van der Waals surface area contributed by atoms with Crippen LogP contribution in [0.25, 0.3) is 0 Å². The normalized spacial score (nSPS) is 22.9. The number of hydrogen-bond donors (Lipinski definition) is 3. The van der Waals surface area contributed by atoms with E-state index in [2.05, 4.69) is 43.6 Å². The summed E-state index contributed by atoms with van der Waals surface area (Å²) in [6.45, 7) is 7.01. The molecular weight excluding hydrogens is 1170 g/mol. The summed E-state index contributed by atoms with van der Waals surface area (Å²) in [5.74, 6) is -1.77. The number of aliphatic hydroxyl groups excluding tert-OH is 1. The van der Waals surface area contributed by atoms with Crippen molar-refractivity contribution >= 4 is 33.2 Å². The molecule has 0 aromatic carbocycles. The van der Waals surface area contributed by atoms with Gasteiger partial charge >= 0.3 is 118 Å². The average Bonchev–Trinajstić information content (AvgIpc) is 3.40. The van der Waals surface area contributed by atoms with E-state index in [1.54, 1.807) is 14.0 Å². The summed E-state index contributed by atoms with van der Waals surface area (Å²) in [7, 11) is -8.75. The summed E-state index contributed by atoms with van der Waals surface area (Å²) in [4.78, 5) is 88.8. The predicted octanol–water partition coefficient (Wildman–Crippen LogP) is -4.41. The number of ether oxygens (including phenoxy) is 7. The number of carbonyl (C=O) groups excluding carboxylic acids is 3. The molecule has 21 nitrogen and oxygen atoms in total. The third kappa shape index (κ3) is 42.5. The van der Waals surface area contributed by atoms with Gasteiger partial charge in [-0.2, -0.15) is 0 Å². The Labute approximate surface area is 593 Å². The molecule has 2 rings (SSSR count). The molecular formula is C57H104N2Na4O19P2. The second kappa shape index (κ2) is 55.7. The van der Waals surface area contributed by atoms with Crippen LogP contribution in [-0.4, -0.2) is 131 Å². The zero-order valence-electron chi connectivity index (χ0n) is 53.4. The van der Waals surface area contributed by atoms with Crippen LogP contribution in [0.15, 0.2) is 12.2 Å². The first-order chi connectivity index (χ1) is 38.4. The van der Waals surface area contributed by atoms with Gasteiger partial charge in [-0.25, -0.2) is 0 Å². The van der Waals surface area contributed by atoms with Crippen LogP contribution in [0.3, 0.4) is 0 Å². The molecule has 3 N–H and O–H groups in total. The Morgan fingerprint density at radius 1 is 0.536 bits per heavy atom. The van der Waals surface area contributed by atoms with Gasteiger partial charge in [0.25, 0.3) is 0 Å². The fourth-order valence-corrected chi connectivity index (χ4v) is 11.1. The van der Waals surface area contributed by atoms with E-state index in [4.69, 9.17) is 42.2 Å². The number of aliphatic hydroxyl groups is 1. The Morgan fingerprint density at radius 2 is 1.01 bits per heavy atom. The van der Waals surface area contributed by atoms with Crippen molar-refractivity contribution in [2.24, 2.45) is 0 Å². The monoisotopic (exact) mass is 1270 g/mol. The summed E-state index contributed by atoms with van der Waals surface area (Å²) in [6.07, 6.45) is 18.5. The quantitative estimate of drug-likeness (QED) is 0.0170. The zero-order valence-corrected chi connectivity index (χ0v) is 63.2. The molecule has 0 aromatic heterocycles. The Balaban J connectivity index is -0.0000164. The molecule has 2 fully saturated rings. The molecule has 2 aliphatic heterocycles. The number of Topliss-reactive ketones (excluding diaryl/α,β-unsaturated/α-hetero) is 1. The SMILES string of the molecule is CCCCCC/C=C\CCCCCCCCCC(=O)NC1[C@H](OC[C@H]2O[C@H](OP(=O)([O-])[O-])[C@H](NC(=O)CC(=O)CC)[C@@H](OCCCCCCCCCC)[C@@H]2O)O[C@H](COC)[C@@H](OP(=O)([O-])[O-])[C@@H]1OCC[C@@H](CCCCCCC)OC.[Na+].[Na+].[Na+].[Na+]. The first-order valence-corrected chi connectivity index (χ1v) is 33.4. The van der Waals surface area contributed by atoms with Crippen LogP contribution in [0.5, 0.6) is 0 Å². The van der Waals surface area contributed by atoms with E-state index in [1.807, 2.05) is 0 Å². The fourth-order valence-electron chi connectivity index (χ4n) is 10.1. The molecule has 0 bridgehead atoms. The van der Waals surface area contributed by atoms with E-state index >= 15 is 0 Å². The fraction of sp³-hybridized carbons (Fsp3) is 0.912. The summed E-state index contributed by atoms with van der Waals surface area (Å²) in [5, 5.41) is 17.4. The van der Waals surface area contributed by atoms with Gasteiger partial charge in [0, 0.05) is 40.3 Å². The van der Waals surface area contributed by atoms with Gasteiger partial charge in [0.15, 0.2) is 12.6 Å². The number of phosphoric acid groups is 2. The molecule has 470 valence electrons. The summed E-state index contributed by atoms with van der Waals surface area (Å²) >= 11 is 0. The maximum Gasteiger partial charge on any atom is 1.00 e. The van der Waals surface area contributed by atoms with Crippen molar-refractivity contribution in [3.63, 3.8) is 0 Å². The van der Waals surface area contributed by atoms with E-state index in [-0.39, 0.29) is 157 Å². The number of ketones is 1. The number of unbranched alkanes of at least 4 members (excludes halogenated alkanes) is 22. The number of hydrogen-bond acceptors (Lipinski definition) is 19. The molecule has 2 aliphatic rings. The van der Waals surface area contributed by atoms with Crippen molar-refractivity contribution in [2.75, 3.05) is 40.6 Å². The molecule has 0 saturated carbocycles. The number of nitrogens with one attached hydrogen (secondary N) is 2. The molecule has 2 saturated heterocycles. The van der Waals surface area contributed by atoms with E-state index in [0.29, 0.717) is 19.3 Å². The third-order valence-electron chi connectivity index (χ3n) is 14.7. The predicted molar refractivity (Wildman–Crippen MR) is 296 cm³/mol. The molecule has 0 radical (unpaired) electrons. The van der Waals surface area contributed by atoms with Gasteiger partial charge in [-0.3, -0.25) is 14.4 Å². The number of rotatable bonds is 50. The molecule has 0 aromatic rings. The van der Waals surface area contributed by atoms with Crippen LogP contribution >= 0.6 is 15.6 Å². The zero-order chi connectivity index (χ0) is 59.0. The van der Waals surface area contributed by atoms with Crippen LogP contribution in [0, 0.1) is 0 Å². The number of amides is 2. The number of allylic oxidation sites excluding steroid dienone is 2. The Hall–Kier alpha value is 2.25. The largest absolute Gasteiger partial charge is 1.00 e. The summed E-state index contributed by atoms with van der Waals surface area (Å²) in [6, 6.07) is -3.00. The van der Waals surface area contributed by atoms with Crippen LogP contribution < -0.4 is 148 Å². The average molecular weight is 1280 g/mol. The molecule has 27 heteroatoms. The minimum absolute atomic E-state index is 0. The van der Waals surface area contributed by atoms with Gasteiger partial charge in [0.2, 0.25) is 11.8 Å². The van der Waals surface area contributed by atoms with Crippen molar-refractivity contribution in [3.8, 4) is 0 Å². The topological polar surface area (TPSA) is 305 Å². The molecule has 84 heavy (non-hydrogen) atoms. The van der Waals surface area contributed by atoms with Gasteiger partial charge < -0.3 is 86.6 Å². The van der Waals surface area contributed by atoms with Gasteiger partial charge in [-0.05, 0) is 51.4 Å². The van der Waals surface area contributed by atoms with Crippen molar-refractivity contribution in [3.05, 3.63) is 12.2 Å². The van der Waals surface area contributed by atoms with E-state index in [0.717, 1.165) is 135 Å². The van der Waals surface area contributed by atoms with Gasteiger partial charge in [0.1, 0.15) is 54.5 Å². The third-order valence-corrected chi connectivity index (χ3v) is 15.6. The molecule has 0 aliphatic carbocycles. The van der Waals surface area contributed by atoms with Gasteiger partial charge in [-0.1, -0.05) is 168 Å². The van der Waals surface area contributed by atoms with Crippen LogP contribution in [0.2, 0.25) is 0 Å². The summed E-state index contributed by atoms with van der Waals surface area (Å²) < 4.78 is 77.0. The maximum absolute atomic E-state index is 14.0. The molecule has 2 amide bonds. The maximum atomic E-state index is 14.0. The standard InChI is InChI=1S/C57H108N2O19P2.4Na/c1-7-11-14-17-19-21-22-23-24-25-26-27-28-31-34-37-48(61)58-51-55(73-40-38-45(71-6)36-33-30-16-13-9-3)53(77-79(64,65)66)47(42-70-5)76-56(51)74-43-46-52(63)54(72-39-35-32-29-20-18-15-12-8-2)50(57(75-46)78-80(67,68)69)59-49(62)41-44(60)10-4;;;;/h21-22,45-47,50-57,63H,7-20,23-43H2,1-6H3,(H,58,61)(H,59,62)(H2,64,65,66)(H2,67,68,69);;;;/q;4*+1/p-4/b22-21-;;;;/t45-,46-,47-,50-,51?,52-,53-,54-,55-,56-,57-;;;;/m1..../s1. The van der Waals surface area contributed by atoms with Crippen molar-refractivity contribution in [2.45, 2.75) is 294 Å². The summed E-state index contributed by atoms with van der Waals surface area (Å²) in [5.41, 5.74) is 0. The van der Waals surface area contributed by atoms with Gasteiger partial charge in [0.05, 0.1) is 41.4 Å². The van der Waals surface area contributed by atoms with Crippen LogP contribution in [-0.2, 0) is 65.7 Å². The van der Waals surface area contributed by atoms with Crippen LogP contribution in [0.4, 0.5) is 0 Å². The molecule has 11 atom stereocenters. The van der Waals surface area contributed by atoms with Crippen molar-refractivity contribution in [1.82, 2.24) is 10.6 Å².